The maximum atomic E-state index is 12.5. The van der Waals surface area contributed by atoms with Gasteiger partial charge in [0.2, 0.25) is 5.91 Å². The number of carbonyl (C=O) groups excluding carboxylic acids is 1. The van der Waals surface area contributed by atoms with E-state index >= 15 is 0 Å². The summed E-state index contributed by atoms with van der Waals surface area (Å²) >= 11 is 6.07. The molecule has 0 atom stereocenters. The second-order valence-corrected chi connectivity index (χ2v) is 7.01. The summed E-state index contributed by atoms with van der Waals surface area (Å²) in [6.45, 7) is 7.59. The monoisotopic (exact) mass is 357 g/mol. The van der Waals surface area contributed by atoms with Crippen LogP contribution in [0.25, 0.3) is 0 Å². The molecule has 1 fully saturated rings. The lowest BCUT2D eigenvalue weighted by atomic mass is 10.1. The molecular formula is C20H24ClN3O. The Balaban J connectivity index is 1.51. The number of rotatable bonds is 4. The van der Waals surface area contributed by atoms with Crippen molar-refractivity contribution in [3.63, 3.8) is 0 Å². The lowest BCUT2D eigenvalue weighted by Crippen LogP contribution is -2.50. The number of hydrogen-bond acceptors (Lipinski definition) is 3. The van der Waals surface area contributed by atoms with E-state index in [1.54, 1.807) is 0 Å². The van der Waals surface area contributed by atoms with E-state index in [0.29, 0.717) is 6.54 Å². The van der Waals surface area contributed by atoms with Crippen molar-refractivity contribution in [1.29, 1.82) is 0 Å². The molecule has 0 aliphatic carbocycles. The molecule has 2 aromatic rings. The second-order valence-electron chi connectivity index (χ2n) is 6.58. The van der Waals surface area contributed by atoms with E-state index in [0.717, 1.165) is 42.6 Å². The fourth-order valence-corrected chi connectivity index (χ4v) is 3.44. The fourth-order valence-electron chi connectivity index (χ4n) is 3.25. The highest BCUT2D eigenvalue weighted by Gasteiger charge is 2.21. The highest BCUT2D eigenvalue weighted by molar-refractivity contribution is 6.30. The Bertz CT molecular complexity index is 734. The lowest BCUT2D eigenvalue weighted by molar-refractivity contribution is -0.129. The molecule has 1 heterocycles. The standard InChI is InChI=1S/C20H24ClN3O/c1-15-10-16(2)12-18(11-15)22-14-20(25)24-8-6-23(7-9-24)19-5-3-4-17(21)13-19/h3-5,10-13,22H,6-9,14H2,1-2H3. The molecule has 1 aliphatic heterocycles. The van der Waals surface area contributed by atoms with Crippen molar-refractivity contribution in [2.24, 2.45) is 0 Å². The Morgan fingerprint density at radius 1 is 1.04 bits per heavy atom. The zero-order valence-corrected chi connectivity index (χ0v) is 15.5. The van der Waals surface area contributed by atoms with Gasteiger partial charge in [-0.25, -0.2) is 0 Å². The number of anilines is 2. The largest absolute Gasteiger partial charge is 0.376 e. The van der Waals surface area contributed by atoms with Crippen LogP contribution in [0.5, 0.6) is 0 Å². The molecule has 2 aromatic carbocycles. The average molecular weight is 358 g/mol. The minimum atomic E-state index is 0.143. The number of carbonyl (C=O) groups is 1. The van der Waals surface area contributed by atoms with Crippen molar-refractivity contribution in [2.75, 3.05) is 42.9 Å². The van der Waals surface area contributed by atoms with Crippen molar-refractivity contribution in [3.05, 3.63) is 58.6 Å². The molecule has 0 radical (unpaired) electrons. The van der Waals surface area contributed by atoms with Crippen LogP contribution in [-0.2, 0) is 4.79 Å². The third kappa shape index (κ3) is 4.67. The number of piperazine rings is 1. The molecule has 0 unspecified atom stereocenters. The topological polar surface area (TPSA) is 35.6 Å². The molecule has 0 spiro atoms. The van der Waals surface area contributed by atoms with Gasteiger partial charge in [0.05, 0.1) is 6.54 Å². The number of hydrogen-bond donors (Lipinski definition) is 1. The van der Waals surface area contributed by atoms with Gasteiger partial charge in [0.1, 0.15) is 0 Å². The molecule has 5 heteroatoms. The van der Waals surface area contributed by atoms with E-state index in [1.165, 1.54) is 11.1 Å². The molecule has 25 heavy (non-hydrogen) atoms. The summed E-state index contributed by atoms with van der Waals surface area (Å²) in [5, 5.41) is 4.00. The Kier molecular flexibility index (Phi) is 5.49. The van der Waals surface area contributed by atoms with Crippen LogP contribution >= 0.6 is 11.6 Å². The van der Waals surface area contributed by atoms with Crippen molar-refractivity contribution in [1.82, 2.24) is 4.90 Å². The summed E-state index contributed by atoms with van der Waals surface area (Å²) in [4.78, 5) is 16.7. The van der Waals surface area contributed by atoms with Gasteiger partial charge in [-0.3, -0.25) is 4.79 Å². The van der Waals surface area contributed by atoms with E-state index in [4.69, 9.17) is 11.6 Å². The third-order valence-corrected chi connectivity index (χ3v) is 4.71. The molecular weight excluding hydrogens is 334 g/mol. The lowest BCUT2D eigenvalue weighted by Gasteiger charge is -2.36. The summed E-state index contributed by atoms with van der Waals surface area (Å²) in [5.74, 6) is 0.143. The maximum Gasteiger partial charge on any atom is 0.241 e. The van der Waals surface area contributed by atoms with Crippen LogP contribution in [0.4, 0.5) is 11.4 Å². The Morgan fingerprint density at radius 2 is 1.72 bits per heavy atom. The second kappa shape index (κ2) is 7.79. The van der Waals surface area contributed by atoms with Crippen LogP contribution in [-0.4, -0.2) is 43.5 Å². The first-order valence-electron chi connectivity index (χ1n) is 8.62. The van der Waals surface area contributed by atoms with Crippen LogP contribution in [0.2, 0.25) is 5.02 Å². The van der Waals surface area contributed by atoms with Gasteiger partial charge in [-0.05, 0) is 55.3 Å². The minimum absolute atomic E-state index is 0.143. The molecule has 1 aliphatic rings. The predicted octanol–water partition coefficient (Wildman–Crippen LogP) is 3.72. The van der Waals surface area contributed by atoms with Crippen molar-refractivity contribution < 1.29 is 4.79 Å². The minimum Gasteiger partial charge on any atom is -0.376 e. The molecule has 1 N–H and O–H groups in total. The molecule has 4 nitrogen and oxygen atoms in total. The van der Waals surface area contributed by atoms with Crippen LogP contribution in [0.3, 0.4) is 0 Å². The normalized spacial score (nSPS) is 14.5. The van der Waals surface area contributed by atoms with Crippen LogP contribution in [0, 0.1) is 13.8 Å². The summed E-state index contributed by atoms with van der Waals surface area (Å²) in [5.41, 5.74) is 4.52. The molecule has 1 saturated heterocycles. The van der Waals surface area contributed by atoms with Crippen molar-refractivity contribution in [3.8, 4) is 0 Å². The number of halogens is 1. The van der Waals surface area contributed by atoms with Gasteiger partial charge >= 0.3 is 0 Å². The van der Waals surface area contributed by atoms with E-state index in [-0.39, 0.29) is 5.91 Å². The fraction of sp³-hybridized carbons (Fsp3) is 0.350. The van der Waals surface area contributed by atoms with Crippen molar-refractivity contribution >= 4 is 28.9 Å². The number of benzene rings is 2. The SMILES string of the molecule is Cc1cc(C)cc(NCC(=O)N2CCN(c3cccc(Cl)c3)CC2)c1. The number of nitrogens with one attached hydrogen (secondary N) is 1. The first-order chi connectivity index (χ1) is 12.0. The summed E-state index contributed by atoms with van der Waals surface area (Å²) < 4.78 is 0. The summed E-state index contributed by atoms with van der Waals surface area (Å²) in [7, 11) is 0. The average Bonchev–Trinajstić information content (AvgIpc) is 2.59. The smallest absolute Gasteiger partial charge is 0.241 e. The predicted molar refractivity (Wildman–Crippen MR) is 105 cm³/mol. The zero-order chi connectivity index (χ0) is 17.8. The van der Waals surface area contributed by atoms with Gasteiger partial charge in [0, 0.05) is 42.6 Å². The van der Waals surface area contributed by atoms with Gasteiger partial charge < -0.3 is 15.1 Å². The highest BCUT2D eigenvalue weighted by atomic mass is 35.5. The first kappa shape index (κ1) is 17.6. The number of aryl methyl sites for hydroxylation is 2. The van der Waals surface area contributed by atoms with E-state index in [2.05, 4.69) is 48.3 Å². The number of nitrogens with zero attached hydrogens (tertiary/aromatic N) is 2. The molecule has 0 saturated carbocycles. The Morgan fingerprint density at radius 3 is 2.36 bits per heavy atom. The zero-order valence-electron chi connectivity index (χ0n) is 14.8. The Labute approximate surface area is 154 Å². The van der Waals surface area contributed by atoms with Gasteiger partial charge in [-0.1, -0.05) is 23.7 Å². The molecule has 1 amide bonds. The summed E-state index contributed by atoms with van der Waals surface area (Å²) in [6.07, 6.45) is 0. The van der Waals surface area contributed by atoms with Crippen LogP contribution in [0.1, 0.15) is 11.1 Å². The van der Waals surface area contributed by atoms with Crippen LogP contribution in [0.15, 0.2) is 42.5 Å². The highest BCUT2D eigenvalue weighted by Crippen LogP contribution is 2.21. The van der Waals surface area contributed by atoms with Gasteiger partial charge in [-0.15, -0.1) is 0 Å². The molecule has 0 bridgehead atoms. The molecule has 3 rings (SSSR count). The Hall–Kier alpha value is -2.20. The molecule has 0 aromatic heterocycles. The van der Waals surface area contributed by atoms with Crippen molar-refractivity contribution in [2.45, 2.75) is 13.8 Å². The molecule has 132 valence electrons. The first-order valence-corrected chi connectivity index (χ1v) is 8.99. The third-order valence-electron chi connectivity index (χ3n) is 4.47. The quantitative estimate of drug-likeness (QED) is 0.905. The van der Waals surface area contributed by atoms with E-state index in [1.807, 2.05) is 23.1 Å². The van der Waals surface area contributed by atoms with Gasteiger partial charge in [-0.2, -0.15) is 0 Å². The summed E-state index contributed by atoms with van der Waals surface area (Å²) in [6, 6.07) is 14.1. The van der Waals surface area contributed by atoms with Gasteiger partial charge in [0.25, 0.3) is 0 Å². The maximum absolute atomic E-state index is 12.5. The van der Waals surface area contributed by atoms with Crippen LogP contribution < -0.4 is 10.2 Å². The van der Waals surface area contributed by atoms with E-state index < -0.39 is 0 Å². The van der Waals surface area contributed by atoms with Gasteiger partial charge in [0.15, 0.2) is 0 Å². The van der Waals surface area contributed by atoms with E-state index in [9.17, 15) is 4.79 Å². The number of amides is 1.